The summed E-state index contributed by atoms with van der Waals surface area (Å²) in [5.74, 6) is -0.435. The van der Waals surface area contributed by atoms with Gasteiger partial charge in [0.2, 0.25) is 0 Å². The molecule has 0 saturated heterocycles. The third kappa shape index (κ3) is 2.18. The van der Waals surface area contributed by atoms with Crippen LogP contribution in [0.1, 0.15) is 23.0 Å². The van der Waals surface area contributed by atoms with Gasteiger partial charge in [-0.15, -0.1) is 0 Å². The molecule has 2 aromatic rings. The molecule has 4 nitrogen and oxygen atoms in total. The average molecular weight is 260 g/mol. The Morgan fingerprint density at radius 2 is 2.33 bits per heavy atom. The van der Waals surface area contributed by atoms with E-state index in [1.807, 2.05) is 25.1 Å². The van der Waals surface area contributed by atoms with Crippen molar-refractivity contribution in [2.24, 2.45) is 4.99 Å². The van der Waals surface area contributed by atoms with E-state index in [1.54, 1.807) is 6.92 Å². The fourth-order valence-electron chi connectivity index (χ4n) is 1.80. The van der Waals surface area contributed by atoms with Crippen LogP contribution in [0.4, 0.5) is 5.69 Å². The summed E-state index contributed by atoms with van der Waals surface area (Å²) >= 11 is 4.62. The summed E-state index contributed by atoms with van der Waals surface area (Å²) in [5, 5.41) is 3.14. The molecule has 0 radical (unpaired) electrons. The molecular weight excluding hydrogens is 248 g/mol. The van der Waals surface area contributed by atoms with Gasteiger partial charge < -0.3 is 9.72 Å². The first-order chi connectivity index (χ1) is 8.67. The lowest BCUT2D eigenvalue weighted by Gasteiger charge is -1.99. The van der Waals surface area contributed by atoms with E-state index < -0.39 is 5.97 Å². The van der Waals surface area contributed by atoms with Gasteiger partial charge in [0.1, 0.15) is 5.69 Å². The summed E-state index contributed by atoms with van der Waals surface area (Å²) in [6.07, 6.45) is 0. The molecule has 0 unspecified atom stereocenters. The SMILES string of the molecule is CCOC(=O)c1[nH]c2ccc(C)cc2c1N=C=S. The number of fused-ring (bicyclic) bond motifs is 1. The summed E-state index contributed by atoms with van der Waals surface area (Å²) < 4.78 is 4.98. The predicted octanol–water partition coefficient (Wildman–Crippen LogP) is 3.39. The van der Waals surface area contributed by atoms with Crippen molar-refractivity contribution in [2.75, 3.05) is 6.61 Å². The number of aliphatic imine (C=N–C) groups is 1. The molecule has 1 N–H and O–H groups in total. The van der Waals surface area contributed by atoms with E-state index in [1.165, 1.54) is 0 Å². The quantitative estimate of drug-likeness (QED) is 0.523. The van der Waals surface area contributed by atoms with Crippen LogP contribution in [0.25, 0.3) is 10.9 Å². The number of isothiocyanates is 1. The van der Waals surface area contributed by atoms with Crippen molar-refractivity contribution in [1.29, 1.82) is 0 Å². The molecule has 0 aliphatic rings. The van der Waals surface area contributed by atoms with Gasteiger partial charge in [-0.05, 0) is 38.2 Å². The van der Waals surface area contributed by atoms with E-state index in [4.69, 9.17) is 4.74 Å². The summed E-state index contributed by atoms with van der Waals surface area (Å²) in [4.78, 5) is 18.8. The molecule has 0 amide bonds. The lowest BCUT2D eigenvalue weighted by Crippen LogP contribution is -2.05. The zero-order chi connectivity index (χ0) is 13.1. The maximum atomic E-state index is 11.8. The van der Waals surface area contributed by atoms with Crippen molar-refractivity contribution in [3.05, 3.63) is 29.5 Å². The van der Waals surface area contributed by atoms with Gasteiger partial charge >= 0.3 is 5.97 Å². The minimum absolute atomic E-state index is 0.313. The smallest absolute Gasteiger partial charge is 0.357 e. The second kappa shape index (κ2) is 5.12. The second-order valence-electron chi connectivity index (χ2n) is 3.82. The van der Waals surface area contributed by atoms with Gasteiger partial charge in [-0.1, -0.05) is 11.6 Å². The number of rotatable bonds is 3. The molecule has 1 aromatic carbocycles. The van der Waals surface area contributed by atoms with Gasteiger partial charge in [0.25, 0.3) is 0 Å². The average Bonchev–Trinajstić information content (AvgIpc) is 2.69. The Morgan fingerprint density at radius 1 is 1.56 bits per heavy atom. The molecule has 0 saturated carbocycles. The predicted molar refractivity (Wildman–Crippen MR) is 73.7 cm³/mol. The first-order valence-corrected chi connectivity index (χ1v) is 5.95. The number of nitrogens with zero attached hydrogens (tertiary/aromatic N) is 1. The maximum Gasteiger partial charge on any atom is 0.357 e. The number of aromatic amines is 1. The minimum Gasteiger partial charge on any atom is -0.461 e. The highest BCUT2D eigenvalue weighted by molar-refractivity contribution is 7.78. The highest BCUT2D eigenvalue weighted by Gasteiger charge is 2.18. The number of aromatic nitrogens is 1. The van der Waals surface area contributed by atoms with Gasteiger partial charge in [-0.3, -0.25) is 0 Å². The zero-order valence-corrected chi connectivity index (χ0v) is 10.9. The summed E-state index contributed by atoms with van der Waals surface area (Å²) in [6, 6.07) is 5.80. The number of hydrogen-bond acceptors (Lipinski definition) is 4. The molecule has 0 spiro atoms. The van der Waals surface area contributed by atoms with Crippen molar-refractivity contribution in [1.82, 2.24) is 4.98 Å². The molecule has 2 rings (SSSR count). The minimum atomic E-state index is -0.435. The summed E-state index contributed by atoms with van der Waals surface area (Å²) in [6.45, 7) is 4.04. The molecule has 0 atom stereocenters. The number of carbonyl (C=O) groups is 1. The first-order valence-electron chi connectivity index (χ1n) is 5.54. The molecule has 5 heteroatoms. The standard InChI is InChI=1S/C13H12N2O2S/c1-3-17-13(16)12-11(14-7-18)9-6-8(2)4-5-10(9)15-12/h4-6,15H,3H2,1-2H3. The molecule has 0 fully saturated rings. The Labute approximate surface area is 110 Å². The highest BCUT2D eigenvalue weighted by Crippen LogP contribution is 2.31. The van der Waals surface area contributed by atoms with Crippen LogP contribution in [0.5, 0.6) is 0 Å². The third-order valence-electron chi connectivity index (χ3n) is 2.56. The van der Waals surface area contributed by atoms with Crippen LogP contribution in [-0.2, 0) is 4.74 Å². The van der Waals surface area contributed by atoms with Gasteiger partial charge in [0, 0.05) is 10.9 Å². The maximum absolute atomic E-state index is 11.8. The van der Waals surface area contributed by atoms with Crippen molar-refractivity contribution in [2.45, 2.75) is 13.8 Å². The molecule has 92 valence electrons. The van der Waals surface area contributed by atoms with Crippen molar-refractivity contribution < 1.29 is 9.53 Å². The van der Waals surface area contributed by atoms with Gasteiger partial charge in [0.15, 0.2) is 5.69 Å². The summed E-state index contributed by atoms with van der Waals surface area (Å²) in [7, 11) is 0. The van der Waals surface area contributed by atoms with E-state index in [9.17, 15) is 4.79 Å². The second-order valence-corrected chi connectivity index (χ2v) is 4.00. The lowest BCUT2D eigenvalue weighted by atomic mass is 10.1. The number of ether oxygens (including phenoxy) is 1. The van der Waals surface area contributed by atoms with Crippen molar-refractivity contribution in [3.8, 4) is 0 Å². The van der Waals surface area contributed by atoms with E-state index in [2.05, 4.69) is 27.4 Å². The normalized spacial score (nSPS) is 10.1. The van der Waals surface area contributed by atoms with Gasteiger partial charge in [-0.2, -0.15) is 4.99 Å². The fourth-order valence-corrected chi connectivity index (χ4v) is 1.90. The highest BCUT2D eigenvalue weighted by atomic mass is 32.1. The molecule has 0 bridgehead atoms. The summed E-state index contributed by atoms with van der Waals surface area (Å²) in [5.41, 5.74) is 2.71. The molecule has 1 heterocycles. The van der Waals surface area contributed by atoms with E-state index in [-0.39, 0.29) is 0 Å². The van der Waals surface area contributed by atoms with Crippen molar-refractivity contribution >= 4 is 39.9 Å². The van der Waals surface area contributed by atoms with Crippen LogP contribution in [0, 0.1) is 6.92 Å². The van der Waals surface area contributed by atoms with Crippen LogP contribution in [-0.4, -0.2) is 22.7 Å². The van der Waals surface area contributed by atoms with Crippen LogP contribution in [0.15, 0.2) is 23.2 Å². The molecule has 18 heavy (non-hydrogen) atoms. The van der Waals surface area contributed by atoms with Crippen LogP contribution in [0.3, 0.4) is 0 Å². The third-order valence-corrected chi connectivity index (χ3v) is 2.65. The number of esters is 1. The Morgan fingerprint density at radius 3 is 3.00 bits per heavy atom. The number of carbonyl (C=O) groups excluding carboxylic acids is 1. The fraction of sp³-hybridized carbons (Fsp3) is 0.231. The van der Waals surface area contributed by atoms with Gasteiger partial charge in [-0.25, -0.2) is 4.79 Å². The number of hydrogen-bond donors (Lipinski definition) is 1. The Hall–Kier alpha value is -1.97. The monoisotopic (exact) mass is 260 g/mol. The molecule has 0 aliphatic heterocycles. The number of thiocarbonyl (C=S) groups is 1. The zero-order valence-electron chi connectivity index (χ0n) is 10.1. The molecular formula is C13H12N2O2S. The van der Waals surface area contributed by atoms with E-state index in [0.717, 1.165) is 16.5 Å². The number of nitrogens with one attached hydrogen (secondary N) is 1. The molecule has 1 aromatic heterocycles. The first kappa shape index (κ1) is 12.5. The van der Waals surface area contributed by atoms with Crippen LogP contribution in [0.2, 0.25) is 0 Å². The van der Waals surface area contributed by atoms with E-state index in [0.29, 0.717) is 18.0 Å². The van der Waals surface area contributed by atoms with Crippen LogP contribution < -0.4 is 0 Å². The number of H-pyrrole nitrogens is 1. The largest absolute Gasteiger partial charge is 0.461 e. The Balaban J connectivity index is 2.69. The molecule has 0 aliphatic carbocycles. The topological polar surface area (TPSA) is 54.5 Å². The van der Waals surface area contributed by atoms with Crippen LogP contribution >= 0.6 is 12.2 Å². The number of benzene rings is 1. The Bertz CT molecular complexity index is 654. The van der Waals surface area contributed by atoms with Crippen molar-refractivity contribution in [3.63, 3.8) is 0 Å². The number of aryl methyl sites for hydroxylation is 1. The lowest BCUT2D eigenvalue weighted by molar-refractivity contribution is 0.0521. The van der Waals surface area contributed by atoms with E-state index >= 15 is 0 Å². The Kier molecular flexibility index (Phi) is 3.55. The van der Waals surface area contributed by atoms with Gasteiger partial charge in [0.05, 0.1) is 11.8 Å².